The molecular formula is C18H19Cl2FN4O5. The van der Waals surface area contributed by atoms with Crippen LogP contribution in [0.1, 0.15) is 25.5 Å². The predicted octanol–water partition coefficient (Wildman–Crippen LogP) is 3.63. The van der Waals surface area contributed by atoms with Crippen LogP contribution < -0.4 is 4.90 Å². The molecule has 2 amide bonds. The summed E-state index contributed by atoms with van der Waals surface area (Å²) in [6.45, 7) is 2.42. The molecule has 1 aliphatic rings. The van der Waals surface area contributed by atoms with Crippen LogP contribution in [0.15, 0.2) is 28.8 Å². The van der Waals surface area contributed by atoms with Crippen molar-refractivity contribution in [3.05, 3.63) is 29.8 Å². The topological polar surface area (TPSA) is 109 Å². The number of ether oxygens (including phenoxy) is 1. The molecule has 0 radical (unpaired) electrons. The fraction of sp³-hybridized carbons (Fsp3) is 0.444. The number of benzene rings is 1. The second-order valence-electron chi connectivity index (χ2n) is 7.08. The minimum Gasteiger partial charge on any atom is -0.465 e. The molecule has 1 saturated heterocycles. The minimum atomic E-state index is -1.33. The van der Waals surface area contributed by atoms with Gasteiger partial charge in [0.2, 0.25) is 0 Å². The number of hydrogen-bond acceptors (Lipinski definition) is 6. The van der Waals surface area contributed by atoms with Gasteiger partial charge in [-0.25, -0.2) is 14.1 Å². The number of alkyl halides is 3. The van der Waals surface area contributed by atoms with Crippen molar-refractivity contribution in [3.63, 3.8) is 0 Å². The Morgan fingerprint density at radius 1 is 1.33 bits per heavy atom. The van der Waals surface area contributed by atoms with E-state index < -0.39 is 41.4 Å². The number of anilines is 1. The van der Waals surface area contributed by atoms with Crippen molar-refractivity contribution in [1.82, 2.24) is 15.0 Å². The molecule has 9 nitrogen and oxygen atoms in total. The number of carboxylic acid groups (broad SMARTS) is 1. The highest BCUT2D eigenvalue weighted by atomic mass is 35.5. The Morgan fingerprint density at radius 2 is 1.97 bits per heavy atom. The molecule has 1 fully saturated rings. The summed E-state index contributed by atoms with van der Waals surface area (Å²) >= 11 is 11.4. The Balaban J connectivity index is 1.85. The summed E-state index contributed by atoms with van der Waals surface area (Å²) in [5.41, 5.74) is 0.0369. The monoisotopic (exact) mass is 460 g/mol. The SMILES string of the molecule is CN(C(=O)O)c1noc(-c2ccc([C@H]3OC(C)(C)N(C(=O)C(Cl)Cl)[C@@H]3CF)cc2)n1. The highest BCUT2D eigenvalue weighted by Crippen LogP contribution is 2.42. The third-order valence-electron chi connectivity index (χ3n) is 4.75. The van der Waals surface area contributed by atoms with Crippen molar-refractivity contribution >= 4 is 41.2 Å². The summed E-state index contributed by atoms with van der Waals surface area (Å²) < 4.78 is 24.9. The van der Waals surface area contributed by atoms with E-state index in [-0.39, 0.29) is 11.8 Å². The third kappa shape index (κ3) is 4.07. The van der Waals surface area contributed by atoms with Crippen LogP contribution in [0.4, 0.5) is 15.1 Å². The quantitative estimate of drug-likeness (QED) is 0.678. The van der Waals surface area contributed by atoms with Crippen LogP contribution in [0.25, 0.3) is 11.5 Å². The van der Waals surface area contributed by atoms with Gasteiger partial charge in [-0.1, -0.05) is 35.3 Å². The minimum absolute atomic E-state index is 0.106. The van der Waals surface area contributed by atoms with E-state index in [4.69, 9.17) is 37.6 Å². The molecule has 0 bridgehead atoms. The van der Waals surface area contributed by atoms with Gasteiger partial charge in [0.25, 0.3) is 17.7 Å². The van der Waals surface area contributed by atoms with Crippen LogP contribution in [0.2, 0.25) is 0 Å². The molecule has 0 unspecified atom stereocenters. The average molecular weight is 461 g/mol. The summed E-state index contributed by atoms with van der Waals surface area (Å²) in [7, 11) is 1.29. The highest BCUT2D eigenvalue weighted by Gasteiger charge is 2.51. The molecule has 1 N–H and O–H groups in total. The zero-order chi connectivity index (χ0) is 22.2. The van der Waals surface area contributed by atoms with Crippen molar-refractivity contribution in [3.8, 4) is 11.5 Å². The van der Waals surface area contributed by atoms with Crippen LogP contribution in [0.3, 0.4) is 0 Å². The molecular weight excluding hydrogens is 442 g/mol. The van der Waals surface area contributed by atoms with Gasteiger partial charge in [-0.15, -0.1) is 0 Å². The number of nitrogens with zero attached hydrogens (tertiary/aromatic N) is 4. The number of aromatic nitrogens is 2. The van der Waals surface area contributed by atoms with Gasteiger partial charge in [0.05, 0.1) is 6.04 Å². The smallest absolute Gasteiger partial charge is 0.414 e. The lowest BCUT2D eigenvalue weighted by molar-refractivity contribution is -0.145. The lowest BCUT2D eigenvalue weighted by Gasteiger charge is -2.33. The Kier molecular flexibility index (Phi) is 6.21. The molecule has 1 aromatic heterocycles. The van der Waals surface area contributed by atoms with E-state index in [1.807, 2.05) is 0 Å². The zero-order valence-corrected chi connectivity index (χ0v) is 17.8. The molecule has 0 spiro atoms. The second kappa shape index (κ2) is 8.37. The van der Waals surface area contributed by atoms with Gasteiger partial charge in [0.1, 0.15) is 18.5 Å². The summed E-state index contributed by atoms with van der Waals surface area (Å²) in [6, 6.07) is 5.75. The van der Waals surface area contributed by atoms with E-state index in [9.17, 15) is 14.0 Å². The van der Waals surface area contributed by atoms with Gasteiger partial charge in [-0.05, 0) is 36.7 Å². The maximum atomic E-state index is 13.9. The lowest BCUT2D eigenvalue weighted by atomic mass is 10.0. The summed E-state index contributed by atoms with van der Waals surface area (Å²) in [5, 5.41) is 12.6. The number of carbonyl (C=O) groups excluding carboxylic acids is 1. The van der Waals surface area contributed by atoms with Crippen LogP contribution >= 0.6 is 23.2 Å². The summed E-state index contributed by atoms with van der Waals surface area (Å²) in [5.74, 6) is -0.625. The highest BCUT2D eigenvalue weighted by molar-refractivity contribution is 6.53. The molecule has 1 aliphatic heterocycles. The molecule has 2 aromatic rings. The van der Waals surface area contributed by atoms with Crippen LogP contribution in [-0.2, 0) is 9.53 Å². The Bertz CT molecular complexity index is 937. The molecule has 0 aliphatic carbocycles. The van der Waals surface area contributed by atoms with Gasteiger partial charge in [0, 0.05) is 12.6 Å². The van der Waals surface area contributed by atoms with Gasteiger partial charge in [0.15, 0.2) is 4.84 Å². The number of halogens is 3. The zero-order valence-electron chi connectivity index (χ0n) is 16.3. The first kappa shape index (κ1) is 22.3. The van der Waals surface area contributed by atoms with E-state index in [2.05, 4.69) is 10.1 Å². The Hall–Kier alpha value is -2.43. The van der Waals surface area contributed by atoms with E-state index in [0.29, 0.717) is 11.1 Å². The predicted molar refractivity (Wildman–Crippen MR) is 106 cm³/mol. The molecule has 1 aromatic carbocycles. The molecule has 162 valence electrons. The first-order chi connectivity index (χ1) is 14.1. The van der Waals surface area contributed by atoms with E-state index >= 15 is 0 Å². The standard InChI is InChI=1S/C18H19Cl2FN4O5/c1-18(2)25(15(26)13(19)20)11(8-21)12(29-18)9-4-6-10(7-5-9)14-22-16(23-30-14)24(3)17(27)28/h4-7,11-13H,8H2,1-3H3,(H,27,28)/t11-,12-/m1/s1. The Morgan fingerprint density at radius 3 is 2.50 bits per heavy atom. The lowest BCUT2D eigenvalue weighted by Crippen LogP contribution is -2.50. The van der Waals surface area contributed by atoms with Crippen LogP contribution in [-0.4, -0.2) is 62.5 Å². The molecule has 12 heteroatoms. The van der Waals surface area contributed by atoms with Gasteiger partial charge >= 0.3 is 6.09 Å². The molecule has 30 heavy (non-hydrogen) atoms. The van der Waals surface area contributed by atoms with Gasteiger partial charge < -0.3 is 19.3 Å². The fourth-order valence-electron chi connectivity index (χ4n) is 3.32. The second-order valence-corrected chi connectivity index (χ2v) is 8.18. The van der Waals surface area contributed by atoms with Gasteiger partial charge in [-0.3, -0.25) is 4.79 Å². The van der Waals surface area contributed by atoms with E-state index in [0.717, 1.165) is 4.90 Å². The van der Waals surface area contributed by atoms with Crippen molar-refractivity contribution in [1.29, 1.82) is 0 Å². The van der Waals surface area contributed by atoms with Crippen LogP contribution in [0.5, 0.6) is 0 Å². The molecule has 0 saturated carbocycles. The largest absolute Gasteiger partial charge is 0.465 e. The molecule has 3 rings (SSSR count). The van der Waals surface area contributed by atoms with Crippen molar-refractivity contribution in [2.45, 2.75) is 36.6 Å². The average Bonchev–Trinajstić information content (AvgIpc) is 3.28. The van der Waals surface area contributed by atoms with Crippen molar-refractivity contribution in [2.75, 3.05) is 18.6 Å². The first-order valence-corrected chi connectivity index (χ1v) is 9.70. The van der Waals surface area contributed by atoms with Crippen molar-refractivity contribution < 1.29 is 28.3 Å². The van der Waals surface area contributed by atoms with Gasteiger partial charge in [-0.2, -0.15) is 4.98 Å². The molecule has 2 atom stereocenters. The van der Waals surface area contributed by atoms with E-state index in [1.54, 1.807) is 38.1 Å². The number of rotatable bonds is 5. The van der Waals surface area contributed by atoms with Crippen LogP contribution in [0, 0.1) is 0 Å². The Labute approximate surface area is 181 Å². The normalized spacial score (nSPS) is 20.6. The maximum absolute atomic E-state index is 13.9. The fourth-order valence-corrected chi connectivity index (χ4v) is 3.54. The van der Waals surface area contributed by atoms with E-state index in [1.165, 1.54) is 11.9 Å². The summed E-state index contributed by atoms with van der Waals surface area (Å²) in [4.78, 5) is 28.1. The first-order valence-electron chi connectivity index (χ1n) is 8.82. The number of hydrogen-bond donors (Lipinski definition) is 1. The maximum Gasteiger partial charge on any atom is 0.414 e. The number of carbonyl (C=O) groups is 2. The van der Waals surface area contributed by atoms with Crippen molar-refractivity contribution in [2.24, 2.45) is 0 Å². The summed E-state index contributed by atoms with van der Waals surface area (Å²) in [6.07, 6.45) is -1.97. The molecule has 2 heterocycles. The third-order valence-corrected chi connectivity index (χ3v) is 5.12. The number of amides is 2.